The normalized spacial score (nSPS) is 18.6. The number of pyridine rings is 2. The molecular formula is C19H18F5N5O2. The molecule has 0 aliphatic carbocycles. The minimum atomic E-state index is -4.93. The van der Waals surface area contributed by atoms with Gasteiger partial charge in [-0.25, -0.2) is 13.8 Å². The Labute approximate surface area is 173 Å². The molecule has 0 unspecified atom stereocenters. The Morgan fingerprint density at radius 1 is 1.19 bits per heavy atom. The first kappa shape index (κ1) is 22.4. The zero-order valence-electron chi connectivity index (χ0n) is 16.2. The molecule has 1 aliphatic heterocycles. The van der Waals surface area contributed by atoms with E-state index < -0.39 is 52.9 Å². The van der Waals surface area contributed by atoms with Crippen molar-refractivity contribution < 1.29 is 31.5 Å². The van der Waals surface area contributed by atoms with Gasteiger partial charge in [0.15, 0.2) is 0 Å². The highest BCUT2D eigenvalue weighted by Crippen LogP contribution is 2.43. The number of hydrogen-bond donors (Lipinski definition) is 2. The quantitative estimate of drug-likeness (QED) is 0.706. The predicted octanol–water partition coefficient (Wildman–Crippen LogP) is 2.84. The Kier molecular flexibility index (Phi) is 5.59. The van der Waals surface area contributed by atoms with Gasteiger partial charge in [-0.15, -0.1) is 0 Å². The van der Waals surface area contributed by atoms with E-state index in [0.717, 1.165) is 18.3 Å². The largest absolute Gasteiger partial charge is 0.418 e. The lowest BCUT2D eigenvalue weighted by Gasteiger charge is -2.38. The van der Waals surface area contributed by atoms with Gasteiger partial charge in [0, 0.05) is 43.4 Å². The van der Waals surface area contributed by atoms with E-state index in [2.05, 4.69) is 9.97 Å². The molecule has 2 amide bonds. The van der Waals surface area contributed by atoms with E-state index in [-0.39, 0.29) is 30.2 Å². The number of amides is 2. The van der Waals surface area contributed by atoms with Gasteiger partial charge >= 0.3 is 6.18 Å². The number of carbonyl (C=O) groups excluding carboxylic acids is 2. The van der Waals surface area contributed by atoms with Crippen molar-refractivity contribution in [3.05, 3.63) is 41.3 Å². The van der Waals surface area contributed by atoms with E-state index in [1.54, 1.807) is 0 Å². The van der Waals surface area contributed by atoms with E-state index >= 15 is 0 Å². The molecule has 166 valence electrons. The van der Waals surface area contributed by atoms with Crippen LogP contribution in [-0.4, -0.2) is 40.8 Å². The highest BCUT2D eigenvalue weighted by atomic mass is 19.4. The van der Waals surface area contributed by atoms with Crippen molar-refractivity contribution in [2.75, 3.05) is 18.0 Å². The lowest BCUT2D eigenvalue weighted by molar-refractivity contribution is -0.137. The van der Waals surface area contributed by atoms with E-state index in [0.29, 0.717) is 6.20 Å². The van der Waals surface area contributed by atoms with Crippen molar-refractivity contribution >= 4 is 17.6 Å². The third-order valence-electron chi connectivity index (χ3n) is 5.14. The summed E-state index contributed by atoms with van der Waals surface area (Å²) < 4.78 is 69.1. The van der Waals surface area contributed by atoms with Crippen molar-refractivity contribution in [2.24, 2.45) is 17.4 Å². The zero-order valence-corrected chi connectivity index (χ0v) is 16.2. The van der Waals surface area contributed by atoms with Gasteiger partial charge in [-0.05, 0) is 17.7 Å². The second-order valence-corrected chi connectivity index (χ2v) is 7.26. The Hall–Kier alpha value is -3.31. The second-order valence-electron chi connectivity index (χ2n) is 7.26. The fraction of sp³-hybridized carbons (Fsp3) is 0.368. The second kappa shape index (κ2) is 7.75. The molecule has 1 aliphatic rings. The Morgan fingerprint density at radius 2 is 1.87 bits per heavy atom. The summed E-state index contributed by atoms with van der Waals surface area (Å²) in [5, 5.41) is 0. The van der Waals surface area contributed by atoms with Gasteiger partial charge in [-0.2, -0.15) is 13.2 Å². The molecule has 7 nitrogen and oxygen atoms in total. The minimum absolute atomic E-state index is 0.191. The number of alkyl halides is 5. The van der Waals surface area contributed by atoms with Crippen molar-refractivity contribution in [3.8, 4) is 11.1 Å². The molecule has 0 saturated carbocycles. The van der Waals surface area contributed by atoms with Crippen LogP contribution >= 0.6 is 0 Å². The van der Waals surface area contributed by atoms with Crippen LogP contribution in [0, 0.1) is 5.92 Å². The maximum absolute atomic E-state index is 13.9. The van der Waals surface area contributed by atoms with Crippen molar-refractivity contribution in [2.45, 2.75) is 25.4 Å². The van der Waals surface area contributed by atoms with Gasteiger partial charge in [0.1, 0.15) is 11.5 Å². The van der Waals surface area contributed by atoms with Gasteiger partial charge < -0.3 is 16.4 Å². The summed E-state index contributed by atoms with van der Waals surface area (Å²) in [6.07, 6.45) is -3.92. The molecule has 12 heteroatoms. The number of primary amides is 2. The van der Waals surface area contributed by atoms with Gasteiger partial charge in [-0.3, -0.25) is 14.6 Å². The molecule has 1 saturated heterocycles. The molecule has 1 atom stereocenters. The van der Waals surface area contributed by atoms with Gasteiger partial charge in [0.25, 0.3) is 17.7 Å². The van der Waals surface area contributed by atoms with E-state index in [9.17, 15) is 31.5 Å². The van der Waals surface area contributed by atoms with Crippen LogP contribution in [0.5, 0.6) is 0 Å². The summed E-state index contributed by atoms with van der Waals surface area (Å²) in [4.78, 5) is 32.5. The summed E-state index contributed by atoms with van der Waals surface area (Å²) in [6, 6.07) is 2.15. The molecular weight excluding hydrogens is 425 g/mol. The van der Waals surface area contributed by atoms with Crippen LogP contribution in [0.2, 0.25) is 0 Å². The topological polar surface area (TPSA) is 115 Å². The number of piperidine rings is 1. The number of nitrogens with two attached hydrogens (primary N) is 2. The summed E-state index contributed by atoms with van der Waals surface area (Å²) in [5.74, 6) is -6.55. The van der Waals surface area contributed by atoms with E-state index in [1.807, 2.05) is 0 Å². The van der Waals surface area contributed by atoms with Crippen molar-refractivity contribution in [3.63, 3.8) is 0 Å². The first-order chi connectivity index (χ1) is 14.3. The molecule has 3 rings (SSSR count). The van der Waals surface area contributed by atoms with Crippen LogP contribution in [0.25, 0.3) is 11.1 Å². The third kappa shape index (κ3) is 4.28. The number of anilines is 1. The number of nitrogens with zero attached hydrogens (tertiary/aromatic N) is 3. The van der Waals surface area contributed by atoms with Crippen LogP contribution in [-0.2, 0) is 6.18 Å². The third-order valence-corrected chi connectivity index (χ3v) is 5.14. The molecule has 0 aromatic carbocycles. The average Bonchev–Trinajstić information content (AvgIpc) is 2.68. The Morgan fingerprint density at radius 3 is 2.42 bits per heavy atom. The van der Waals surface area contributed by atoms with Crippen molar-refractivity contribution in [1.29, 1.82) is 0 Å². The standard InChI is InChI=1S/C19H18F5N5O2/c1-9-8-29(5-3-18(9,20)21)17-14(16(26)31)13(11(7-28-17)19(22,23)24)10-2-4-27-12(6-10)15(25)30/h2,4,6-7,9H,3,5,8H2,1H3,(H2,25,30)(H2,26,31)/t9-/m0/s1. The monoisotopic (exact) mass is 443 g/mol. The Balaban J connectivity index is 2.27. The number of rotatable bonds is 4. The lowest BCUT2D eigenvalue weighted by Crippen LogP contribution is -2.47. The molecule has 0 spiro atoms. The maximum Gasteiger partial charge on any atom is 0.418 e. The fourth-order valence-electron chi connectivity index (χ4n) is 3.49. The summed E-state index contributed by atoms with van der Waals surface area (Å²) in [6.45, 7) is 0.815. The first-order valence-corrected chi connectivity index (χ1v) is 9.12. The lowest BCUT2D eigenvalue weighted by atomic mass is 9.92. The molecule has 0 bridgehead atoms. The van der Waals surface area contributed by atoms with Crippen LogP contribution in [0.4, 0.5) is 27.8 Å². The van der Waals surface area contributed by atoms with Gasteiger partial charge in [0.2, 0.25) is 0 Å². The summed E-state index contributed by atoms with van der Waals surface area (Å²) >= 11 is 0. The highest BCUT2D eigenvalue weighted by Gasteiger charge is 2.43. The summed E-state index contributed by atoms with van der Waals surface area (Å²) in [5.41, 5.74) is 7.58. The number of aromatic nitrogens is 2. The number of carbonyl (C=O) groups is 2. The van der Waals surface area contributed by atoms with E-state index in [4.69, 9.17) is 11.5 Å². The molecule has 1 fully saturated rings. The molecule has 2 aromatic rings. The number of halogens is 5. The summed E-state index contributed by atoms with van der Waals surface area (Å²) in [7, 11) is 0. The first-order valence-electron chi connectivity index (χ1n) is 9.12. The molecule has 3 heterocycles. The maximum atomic E-state index is 13.9. The highest BCUT2D eigenvalue weighted by molar-refractivity contribution is 6.05. The van der Waals surface area contributed by atoms with Crippen LogP contribution in [0.3, 0.4) is 0 Å². The van der Waals surface area contributed by atoms with Gasteiger partial charge in [-0.1, -0.05) is 6.92 Å². The van der Waals surface area contributed by atoms with Crippen LogP contribution in [0.1, 0.15) is 39.8 Å². The minimum Gasteiger partial charge on any atom is -0.365 e. The molecule has 4 N–H and O–H groups in total. The SMILES string of the molecule is C[C@H]1CN(c2ncc(C(F)(F)F)c(-c3ccnc(C(N)=O)c3)c2C(N)=O)CCC1(F)F. The van der Waals surface area contributed by atoms with Crippen LogP contribution < -0.4 is 16.4 Å². The number of hydrogen-bond acceptors (Lipinski definition) is 5. The van der Waals surface area contributed by atoms with Crippen molar-refractivity contribution in [1.82, 2.24) is 9.97 Å². The van der Waals surface area contributed by atoms with Crippen LogP contribution in [0.15, 0.2) is 24.5 Å². The Bertz CT molecular complexity index is 1040. The van der Waals surface area contributed by atoms with Gasteiger partial charge in [0.05, 0.1) is 11.1 Å². The molecule has 31 heavy (non-hydrogen) atoms. The predicted molar refractivity (Wildman–Crippen MR) is 100 cm³/mol. The molecule has 0 radical (unpaired) electrons. The van der Waals surface area contributed by atoms with E-state index in [1.165, 1.54) is 11.8 Å². The average molecular weight is 443 g/mol. The zero-order chi connectivity index (χ0) is 23.1. The fourth-order valence-corrected chi connectivity index (χ4v) is 3.49. The smallest absolute Gasteiger partial charge is 0.365 e. The molecule has 2 aromatic heterocycles.